The molecule has 1 aliphatic rings. The van der Waals surface area contributed by atoms with Gasteiger partial charge < -0.3 is 10.4 Å². The topological polar surface area (TPSA) is 49.3 Å². The van der Waals surface area contributed by atoms with Crippen molar-refractivity contribution in [3.63, 3.8) is 0 Å². The van der Waals surface area contributed by atoms with E-state index in [-0.39, 0.29) is 5.92 Å². The zero-order chi connectivity index (χ0) is 10.6. The average molecular weight is 199 g/mol. The maximum absolute atomic E-state index is 11.6. The van der Waals surface area contributed by atoms with E-state index in [1.54, 1.807) is 0 Å². The lowest BCUT2D eigenvalue weighted by Gasteiger charge is -2.31. The maximum atomic E-state index is 11.6. The summed E-state index contributed by atoms with van der Waals surface area (Å²) in [6, 6.07) is 0. The maximum Gasteiger partial charge on any atom is 0.138 e. The van der Waals surface area contributed by atoms with Gasteiger partial charge in [-0.1, -0.05) is 13.8 Å². The van der Waals surface area contributed by atoms with Crippen molar-refractivity contribution in [1.29, 1.82) is 0 Å². The van der Waals surface area contributed by atoms with Crippen LogP contribution in [-0.2, 0) is 4.79 Å². The predicted molar refractivity (Wildman–Crippen MR) is 56.1 cm³/mol. The molecule has 1 heterocycles. The second kappa shape index (κ2) is 4.89. The van der Waals surface area contributed by atoms with E-state index in [2.05, 4.69) is 5.32 Å². The Morgan fingerprint density at radius 3 is 2.64 bits per heavy atom. The number of Topliss-reactive ketones (excluding diaryl/α,β-unsaturated/α-hetero) is 1. The molecule has 1 unspecified atom stereocenters. The molecule has 3 nitrogen and oxygen atoms in total. The third-order valence-electron chi connectivity index (χ3n) is 3.34. The zero-order valence-electron chi connectivity index (χ0n) is 9.18. The first-order valence-corrected chi connectivity index (χ1v) is 5.57. The highest BCUT2D eigenvalue weighted by Gasteiger charge is 2.31. The molecule has 0 spiro atoms. The van der Waals surface area contributed by atoms with Crippen LogP contribution < -0.4 is 5.32 Å². The summed E-state index contributed by atoms with van der Waals surface area (Å²) >= 11 is 0. The van der Waals surface area contributed by atoms with E-state index in [0.29, 0.717) is 18.6 Å². The van der Waals surface area contributed by atoms with Gasteiger partial charge in [-0.2, -0.15) is 0 Å². The van der Waals surface area contributed by atoms with Crippen LogP contribution in [0.3, 0.4) is 0 Å². The first-order chi connectivity index (χ1) is 6.61. The van der Waals surface area contributed by atoms with E-state index >= 15 is 0 Å². The number of aliphatic hydroxyl groups is 1. The Hall–Kier alpha value is -0.410. The van der Waals surface area contributed by atoms with Crippen LogP contribution in [0.1, 0.15) is 39.5 Å². The quantitative estimate of drug-likeness (QED) is 0.713. The fraction of sp³-hybridized carbons (Fsp3) is 0.909. The van der Waals surface area contributed by atoms with E-state index < -0.39 is 5.60 Å². The smallest absolute Gasteiger partial charge is 0.138 e. The molecule has 0 aromatic carbocycles. The van der Waals surface area contributed by atoms with Crippen molar-refractivity contribution in [2.24, 2.45) is 5.92 Å². The minimum absolute atomic E-state index is 0.0219. The van der Waals surface area contributed by atoms with Gasteiger partial charge in [0.2, 0.25) is 0 Å². The number of hydrogen-bond donors (Lipinski definition) is 2. The van der Waals surface area contributed by atoms with Gasteiger partial charge in [0.1, 0.15) is 5.78 Å². The summed E-state index contributed by atoms with van der Waals surface area (Å²) in [4.78, 5) is 11.6. The molecule has 1 atom stereocenters. The number of rotatable bonds is 4. The normalized spacial score (nSPS) is 23.9. The molecule has 0 bridgehead atoms. The Morgan fingerprint density at radius 2 is 2.14 bits per heavy atom. The fourth-order valence-electron chi connectivity index (χ4n) is 1.99. The molecule has 0 aliphatic carbocycles. The largest absolute Gasteiger partial charge is 0.390 e. The Balaban J connectivity index is 2.52. The molecule has 1 fully saturated rings. The first-order valence-electron chi connectivity index (χ1n) is 5.57. The molecule has 3 heteroatoms. The summed E-state index contributed by atoms with van der Waals surface area (Å²) in [7, 11) is 0. The molecule has 0 amide bonds. The Bertz CT molecular complexity index is 199. The molecule has 0 aromatic rings. The Labute approximate surface area is 85.9 Å². The van der Waals surface area contributed by atoms with Gasteiger partial charge in [0.25, 0.3) is 0 Å². The summed E-state index contributed by atoms with van der Waals surface area (Å²) < 4.78 is 0. The SMILES string of the molecule is CCC(O)(CC)CC1CNCCC1=O. The van der Waals surface area contributed by atoms with Gasteiger partial charge >= 0.3 is 0 Å². The summed E-state index contributed by atoms with van der Waals surface area (Å²) in [6.45, 7) is 5.49. The molecule has 1 saturated heterocycles. The number of carbonyl (C=O) groups excluding carboxylic acids is 1. The summed E-state index contributed by atoms with van der Waals surface area (Å²) in [5.41, 5.74) is -0.640. The number of nitrogens with one attached hydrogen (secondary N) is 1. The van der Waals surface area contributed by atoms with Crippen molar-refractivity contribution in [1.82, 2.24) is 5.32 Å². The van der Waals surface area contributed by atoms with Crippen LogP contribution in [0, 0.1) is 5.92 Å². The van der Waals surface area contributed by atoms with E-state index in [4.69, 9.17) is 0 Å². The average Bonchev–Trinajstić information content (AvgIpc) is 2.21. The van der Waals surface area contributed by atoms with Gasteiger partial charge in [0.15, 0.2) is 0 Å². The highest BCUT2D eigenvalue weighted by Crippen LogP contribution is 2.26. The van der Waals surface area contributed by atoms with Gasteiger partial charge in [0.05, 0.1) is 5.60 Å². The lowest BCUT2D eigenvalue weighted by molar-refractivity contribution is -0.126. The Morgan fingerprint density at radius 1 is 1.50 bits per heavy atom. The molecule has 1 aliphatic heterocycles. The number of piperidine rings is 1. The van der Waals surface area contributed by atoms with Crippen LogP contribution in [0.25, 0.3) is 0 Å². The van der Waals surface area contributed by atoms with E-state index in [1.807, 2.05) is 13.8 Å². The third kappa shape index (κ3) is 2.79. The van der Waals surface area contributed by atoms with Gasteiger partial charge in [0, 0.05) is 25.4 Å². The summed E-state index contributed by atoms with van der Waals surface area (Å²) in [5.74, 6) is 0.331. The van der Waals surface area contributed by atoms with E-state index in [9.17, 15) is 9.90 Å². The van der Waals surface area contributed by atoms with Crippen LogP contribution >= 0.6 is 0 Å². The fourth-order valence-corrected chi connectivity index (χ4v) is 1.99. The Kier molecular flexibility index (Phi) is 4.08. The minimum Gasteiger partial charge on any atom is -0.390 e. The zero-order valence-corrected chi connectivity index (χ0v) is 9.18. The van der Waals surface area contributed by atoms with Crippen LogP contribution in [0.5, 0.6) is 0 Å². The highest BCUT2D eigenvalue weighted by molar-refractivity contribution is 5.82. The standard InChI is InChI=1S/C11H21NO2/c1-3-11(14,4-2)7-9-8-12-6-5-10(9)13/h9,12,14H,3-8H2,1-2H3. The third-order valence-corrected chi connectivity index (χ3v) is 3.34. The van der Waals surface area contributed by atoms with Crippen LogP contribution in [-0.4, -0.2) is 29.6 Å². The van der Waals surface area contributed by atoms with E-state index in [0.717, 1.165) is 25.9 Å². The monoisotopic (exact) mass is 199 g/mol. The van der Waals surface area contributed by atoms with Crippen molar-refractivity contribution in [3.05, 3.63) is 0 Å². The molecular formula is C11H21NO2. The lowest BCUT2D eigenvalue weighted by atomic mass is 9.82. The molecule has 0 radical (unpaired) electrons. The van der Waals surface area contributed by atoms with Crippen molar-refractivity contribution < 1.29 is 9.90 Å². The van der Waals surface area contributed by atoms with Gasteiger partial charge in [-0.05, 0) is 19.3 Å². The molecule has 82 valence electrons. The lowest BCUT2D eigenvalue weighted by Crippen LogP contribution is -2.42. The number of hydrogen-bond acceptors (Lipinski definition) is 3. The predicted octanol–water partition coefficient (Wildman–Crippen LogP) is 1.11. The second-order valence-corrected chi connectivity index (χ2v) is 4.25. The van der Waals surface area contributed by atoms with E-state index in [1.165, 1.54) is 0 Å². The van der Waals surface area contributed by atoms with Crippen LogP contribution in [0.4, 0.5) is 0 Å². The van der Waals surface area contributed by atoms with Gasteiger partial charge in [-0.3, -0.25) is 4.79 Å². The first kappa shape index (κ1) is 11.7. The molecule has 2 N–H and O–H groups in total. The molecule has 1 rings (SSSR count). The summed E-state index contributed by atoms with van der Waals surface area (Å²) in [5, 5.41) is 13.3. The molecule has 14 heavy (non-hydrogen) atoms. The van der Waals surface area contributed by atoms with Crippen molar-refractivity contribution in [3.8, 4) is 0 Å². The van der Waals surface area contributed by atoms with Crippen LogP contribution in [0.2, 0.25) is 0 Å². The molecule has 0 aromatic heterocycles. The van der Waals surface area contributed by atoms with Gasteiger partial charge in [-0.25, -0.2) is 0 Å². The minimum atomic E-state index is -0.640. The molecule has 0 saturated carbocycles. The highest BCUT2D eigenvalue weighted by atomic mass is 16.3. The van der Waals surface area contributed by atoms with Crippen molar-refractivity contribution in [2.45, 2.75) is 45.1 Å². The van der Waals surface area contributed by atoms with Gasteiger partial charge in [-0.15, -0.1) is 0 Å². The molecular weight excluding hydrogens is 178 g/mol. The van der Waals surface area contributed by atoms with Crippen LogP contribution in [0.15, 0.2) is 0 Å². The number of ketones is 1. The van der Waals surface area contributed by atoms with Crippen molar-refractivity contribution in [2.75, 3.05) is 13.1 Å². The number of carbonyl (C=O) groups is 1. The summed E-state index contributed by atoms with van der Waals surface area (Å²) in [6.07, 6.45) is 2.70. The van der Waals surface area contributed by atoms with Crippen molar-refractivity contribution >= 4 is 5.78 Å². The second-order valence-electron chi connectivity index (χ2n) is 4.25.